The lowest BCUT2D eigenvalue weighted by Crippen LogP contribution is -2.56. The van der Waals surface area contributed by atoms with Crippen LogP contribution in [-0.2, 0) is 28.5 Å². The zero-order valence-electron chi connectivity index (χ0n) is 27.1. The molecule has 0 aromatic heterocycles. The van der Waals surface area contributed by atoms with Crippen molar-refractivity contribution in [1.29, 1.82) is 0 Å². The molecule has 8 fully saturated rings. The van der Waals surface area contributed by atoms with E-state index in [1.807, 2.05) is 4.90 Å². The Labute approximate surface area is 258 Å². The number of rotatable bonds is 6. The van der Waals surface area contributed by atoms with Crippen LogP contribution in [0.4, 0.5) is 0 Å². The first-order chi connectivity index (χ1) is 20.6. The molecule has 0 radical (unpaired) electrons. The molecule has 1 amide bonds. The van der Waals surface area contributed by atoms with E-state index in [-0.39, 0.29) is 29.9 Å². The highest BCUT2D eigenvalue weighted by Gasteiger charge is 2.80. The fraction of sp³-hybridized carbons (Fsp3) is 0.944. The zero-order chi connectivity index (χ0) is 29.8. The molecule has 2 spiro atoms. The Morgan fingerprint density at radius 3 is 2.51 bits per heavy atom. The van der Waals surface area contributed by atoms with Gasteiger partial charge in [0, 0.05) is 19.9 Å². The summed E-state index contributed by atoms with van der Waals surface area (Å²) in [5.74, 6) is 3.64. The van der Waals surface area contributed by atoms with Crippen molar-refractivity contribution in [2.75, 3.05) is 26.3 Å². The summed E-state index contributed by atoms with van der Waals surface area (Å²) in [5, 5.41) is 0. The highest BCUT2D eigenvalue weighted by molar-refractivity contribution is 5.76. The Morgan fingerprint density at radius 1 is 0.907 bits per heavy atom. The minimum Gasteiger partial charge on any atom is -0.463 e. The third-order valence-electron chi connectivity index (χ3n) is 14.9. The lowest BCUT2D eigenvalue weighted by molar-refractivity contribution is -0.244. The molecule has 8 aliphatic rings. The van der Waals surface area contributed by atoms with E-state index in [4.69, 9.17) is 18.9 Å². The van der Waals surface area contributed by atoms with Crippen LogP contribution in [0.1, 0.15) is 111 Å². The van der Waals surface area contributed by atoms with Gasteiger partial charge in [-0.05, 0) is 128 Å². The van der Waals surface area contributed by atoms with Gasteiger partial charge in [0.05, 0.1) is 31.5 Å². The largest absolute Gasteiger partial charge is 0.463 e. The molecular formula is C36H55NO6. The molecule has 2 aliphatic heterocycles. The van der Waals surface area contributed by atoms with Crippen LogP contribution in [0.3, 0.4) is 0 Å². The van der Waals surface area contributed by atoms with E-state index in [0.717, 1.165) is 24.7 Å². The summed E-state index contributed by atoms with van der Waals surface area (Å²) in [4.78, 5) is 26.2. The SMILES string of the molecule is CC(=O)OCC1CCC2C(CC3C4CCC5C(C)(C)[C@@H](OC6CN(C(=O)CC7CC7)CCO6)CCC56CC46CCC23C)O1. The van der Waals surface area contributed by atoms with Crippen molar-refractivity contribution in [1.82, 2.24) is 4.90 Å². The molecule has 43 heavy (non-hydrogen) atoms. The molecule has 240 valence electrons. The van der Waals surface area contributed by atoms with E-state index < -0.39 is 0 Å². The van der Waals surface area contributed by atoms with E-state index in [9.17, 15) is 9.59 Å². The maximum absolute atomic E-state index is 12.8. The number of esters is 1. The fourth-order valence-electron chi connectivity index (χ4n) is 12.7. The second-order valence-electron chi connectivity index (χ2n) is 17.1. The number of nitrogens with zero attached hydrogens (tertiary/aromatic N) is 1. The Balaban J connectivity index is 0.943. The molecule has 7 heteroatoms. The van der Waals surface area contributed by atoms with Gasteiger partial charge in [-0.15, -0.1) is 0 Å². The number of amides is 1. The molecule has 11 atom stereocenters. The second kappa shape index (κ2) is 10.2. The van der Waals surface area contributed by atoms with Gasteiger partial charge in [-0.2, -0.15) is 0 Å². The van der Waals surface area contributed by atoms with Gasteiger partial charge < -0.3 is 23.8 Å². The maximum atomic E-state index is 12.8. The van der Waals surface area contributed by atoms with Crippen molar-refractivity contribution in [3.63, 3.8) is 0 Å². The van der Waals surface area contributed by atoms with Crippen LogP contribution >= 0.6 is 0 Å². The summed E-state index contributed by atoms with van der Waals surface area (Å²) in [7, 11) is 0. The zero-order valence-corrected chi connectivity index (χ0v) is 27.1. The Morgan fingerprint density at radius 2 is 1.72 bits per heavy atom. The lowest BCUT2D eigenvalue weighted by atomic mass is 9.46. The summed E-state index contributed by atoms with van der Waals surface area (Å²) >= 11 is 0. The van der Waals surface area contributed by atoms with Gasteiger partial charge in [0.25, 0.3) is 0 Å². The van der Waals surface area contributed by atoms with Crippen LogP contribution in [0.5, 0.6) is 0 Å². The molecule has 6 saturated carbocycles. The molecule has 0 bridgehead atoms. The molecule has 0 N–H and O–H groups in total. The summed E-state index contributed by atoms with van der Waals surface area (Å²) < 4.78 is 25.0. The third-order valence-corrected chi connectivity index (χ3v) is 14.9. The average Bonchev–Trinajstić information content (AvgIpc) is 3.89. The van der Waals surface area contributed by atoms with Crippen LogP contribution < -0.4 is 0 Å². The molecule has 10 unspecified atom stereocenters. The summed E-state index contributed by atoms with van der Waals surface area (Å²) in [6.07, 6.45) is 16.1. The number of hydrogen-bond acceptors (Lipinski definition) is 6. The Kier molecular flexibility index (Phi) is 6.91. The fourth-order valence-corrected chi connectivity index (χ4v) is 12.7. The van der Waals surface area contributed by atoms with Crippen LogP contribution in [0.25, 0.3) is 0 Å². The smallest absolute Gasteiger partial charge is 0.302 e. The number of hydrogen-bond donors (Lipinski definition) is 0. The molecule has 2 saturated heterocycles. The third kappa shape index (κ3) is 4.51. The first kappa shape index (κ1) is 29.2. The second-order valence-corrected chi connectivity index (χ2v) is 17.1. The highest BCUT2D eigenvalue weighted by atomic mass is 16.7. The number of carbonyl (C=O) groups excluding carboxylic acids is 2. The standard InChI is InChI=1S/C36H55NO6/c1-22(38)41-20-24-7-8-26-28(42-24)18-27-25-9-10-29-33(2,3)30(11-12-36(29)21-35(25,36)14-13-34(26,27)4)43-32-19-37(15-16-40-32)31(39)17-23-5-6-23/h23-30,32H,5-21H2,1-4H3/t24?,25?,26?,27?,28?,29?,30-,32?,34?,35?,36?/m0/s1. The van der Waals surface area contributed by atoms with Crippen molar-refractivity contribution in [3.05, 3.63) is 0 Å². The summed E-state index contributed by atoms with van der Waals surface area (Å²) in [6, 6.07) is 0. The van der Waals surface area contributed by atoms with Gasteiger partial charge in [0.2, 0.25) is 5.91 Å². The minimum absolute atomic E-state index is 0.0680. The van der Waals surface area contributed by atoms with E-state index in [1.165, 1.54) is 71.1 Å². The van der Waals surface area contributed by atoms with E-state index in [0.29, 0.717) is 78.7 Å². The maximum Gasteiger partial charge on any atom is 0.302 e. The van der Waals surface area contributed by atoms with Gasteiger partial charge in [-0.3, -0.25) is 9.59 Å². The first-order valence-electron chi connectivity index (χ1n) is 17.9. The van der Waals surface area contributed by atoms with Gasteiger partial charge in [0.1, 0.15) is 6.61 Å². The van der Waals surface area contributed by atoms with Crippen molar-refractivity contribution in [3.8, 4) is 0 Å². The van der Waals surface area contributed by atoms with Crippen molar-refractivity contribution >= 4 is 11.9 Å². The van der Waals surface area contributed by atoms with E-state index in [1.54, 1.807) is 0 Å². The number of carbonyl (C=O) groups is 2. The van der Waals surface area contributed by atoms with Crippen LogP contribution in [0, 0.1) is 51.2 Å². The van der Waals surface area contributed by atoms with Gasteiger partial charge in [-0.25, -0.2) is 0 Å². The van der Waals surface area contributed by atoms with Gasteiger partial charge in [-0.1, -0.05) is 20.8 Å². The molecule has 8 rings (SSSR count). The minimum atomic E-state index is -0.290. The van der Waals surface area contributed by atoms with Crippen molar-refractivity contribution in [2.45, 2.75) is 136 Å². The number of morpholine rings is 1. The predicted octanol–water partition coefficient (Wildman–Crippen LogP) is 6.13. The quantitative estimate of drug-likeness (QED) is 0.343. The number of ether oxygens (including phenoxy) is 4. The first-order valence-corrected chi connectivity index (χ1v) is 17.9. The van der Waals surface area contributed by atoms with E-state index in [2.05, 4.69) is 20.8 Å². The topological polar surface area (TPSA) is 74.3 Å². The predicted molar refractivity (Wildman–Crippen MR) is 161 cm³/mol. The summed E-state index contributed by atoms with van der Waals surface area (Å²) in [6.45, 7) is 11.4. The number of fused-ring (bicyclic) bond motifs is 4. The molecule has 7 nitrogen and oxygen atoms in total. The molecule has 0 aromatic carbocycles. The normalized spacial score (nSPS) is 49.5. The monoisotopic (exact) mass is 597 g/mol. The van der Waals surface area contributed by atoms with Crippen LogP contribution in [-0.4, -0.2) is 67.7 Å². The van der Waals surface area contributed by atoms with Crippen molar-refractivity contribution < 1.29 is 28.5 Å². The van der Waals surface area contributed by atoms with Gasteiger partial charge >= 0.3 is 5.97 Å². The molecule has 2 heterocycles. The van der Waals surface area contributed by atoms with E-state index >= 15 is 0 Å². The van der Waals surface area contributed by atoms with Crippen LogP contribution in [0.2, 0.25) is 0 Å². The molecule has 6 aliphatic carbocycles. The van der Waals surface area contributed by atoms with Crippen LogP contribution in [0.15, 0.2) is 0 Å². The van der Waals surface area contributed by atoms with Crippen molar-refractivity contribution in [2.24, 2.45) is 51.2 Å². The summed E-state index contributed by atoms with van der Waals surface area (Å²) in [5.41, 5.74) is 1.49. The average molecular weight is 598 g/mol. The molecule has 0 aromatic rings. The van der Waals surface area contributed by atoms with Gasteiger partial charge in [0.15, 0.2) is 6.29 Å². The Bertz CT molecular complexity index is 1140. The lowest BCUT2D eigenvalue weighted by Gasteiger charge is -2.60. The highest BCUT2D eigenvalue weighted by Crippen LogP contribution is 2.87. The molecular weight excluding hydrogens is 542 g/mol. The Hall–Kier alpha value is -1.18.